The molecule has 1 saturated heterocycles. The number of halogens is 1. The molecule has 1 aliphatic carbocycles. The van der Waals surface area contributed by atoms with E-state index in [1.807, 2.05) is 0 Å². The molecule has 42 heavy (non-hydrogen) atoms. The lowest BCUT2D eigenvalue weighted by atomic mass is 9.98. The predicted octanol–water partition coefficient (Wildman–Crippen LogP) is 3.28. The molecule has 2 aromatic heterocycles. The molecule has 6 atom stereocenters. The van der Waals surface area contributed by atoms with Crippen LogP contribution in [0.4, 0.5) is 16.2 Å². The van der Waals surface area contributed by atoms with Crippen LogP contribution in [0.15, 0.2) is 36.7 Å². The van der Waals surface area contributed by atoms with Gasteiger partial charge in [0.1, 0.15) is 18.8 Å². The number of nitrogens with one attached hydrogen (secondary N) is 1. The number of carbonyl (C=O) groups excluding carboxylic acids is 1. The SMILES string of the molecule is COC(=O)C(C)N(OC[C@H]1O[C@@H](n2cnc3c(NC4CCCC4)nc(N)nc32)[C@](C)(F)[C@@H]1O)[P+](=O)Oc1ccccc1. The lowest BCUT2D eigenvalue weighted by Crippen LogP contribution is -2.42. The van der Waals surface area contributed by atoms with Crippen molar-refractivity contribution in [2.75, 3.05) is 24.8 Å². The third-order valence-electron chi connectivity index (χ3n) is 7.44. The molecule has 5 rings (SSSR count). The number of alkyl halides is 1. The fraction of sp³-hybridized carbons (Fsp3) is 0.538. The van der Waals surface area contributed by atoms with Gasteiger partial charge in [-0.1, -0.05) is 31.0 Å². The normalized spacial score (nSPS) is 25.6. The van der Waals surface area contributed by atoms with Gasteiger partial charge in [0.25, 0.3) is 0 Å². The summed E-state index contributed by atoms with van der Waals surface area (Å²) in [6, 6.07) is 7.34. The van der Waals surface area contributed by atoms with Crippen LogP contribution in [-0.4, -0.2) is 79.1 Å². The van der Waals surface area contributed by atoms with Crippen LogP contribution in [0.1, 0.15) is 45.8 Å². The van der Waals surface area contributed by atoms with E-state index in [0.717, 1.165) is 30.5 Å². The molecular weight excluding hydrogens is 572 g/mol. The first-order valence-corrected chi connectivity index (χ1v) is 14.7. The molecule has 3 aromatic rings. The number of aliphatic hydroxyl groups is 1. The zero-order valence-corrected chi connectivity index (χ0v) is 24.3. The number of imidazole rings is 1. The van der Waals surface area contributed by atoms with Gasteiger partial charge in [0, 0.05) is 10.6 Å². The molecule has 0 bridgehead atoms. The van der Waals surface area contributed by atoms with Gasteiger partial charge in [-0.15, -0.1) is 0 Å². The molecule has 0 radical (unpaired) electrons. The van der Waals surface area contributed by atoms with E-state index in [-0.39, 0.29) is 23.4 Å². The molecule has 0 amide bonds. The second-order valence-corrected chi connectivity index (χ2v) is 11.5. The Balaban J connectivity index is 1.35. The number of anilines is 2. The lowest BCUT2D eigenvalue weighted by Gasteiger charge is -2.24. The van der Waals surface area contributed by atoms with Crippen LogP contribution < -0.4 is 15.6 Å². The Labute approximate surface area is 242 Å². The Morgan fingerprint density at radius 1 is 1.33 bits per heavy atom. The van der Waals surface area contributed by atoms with E-state index in [2.05, 4.69) is 20.3 Å². The number of rotatable bonds is 11. The number of nitrogen functional groups attached to an aromatic ring is 1. The highest BCUT2D eigenvalue weighted by Crippen LogP contribution is 2.43. The van der Waals surface area contributed by atoms with Gasteiger partial charge in [-0.2, -0.15) is 9.97 Å². The maximum absolute atomic E-state index is 16.1. The van der Waals surface area contributed by atoms with Gasteiger partial charge in [0.05, 0.1) is 18.3 Å². The number of ether oxygens (including phenoxy) is 2. The van der Waals surface area contributed by atoms with Crippen LogP contribution in [0.25, 0.3) is 11.2 Å². The summed E-state index contributed by atoms with van der Waals surface area (Å²) in [7, 11) is -1.59. The highest BCUT2D eigenvalue weighted by Gasteiger charge is 2.56. The summed E-state index contributed by atoms with van der Waals surface area (Å²) < 4.78 is 46.7. The number of hydrogen-bond acceptors (Lipinski definition) is 12. The summed E-state index contributed by atoms with van der Waals surface area (Å²) >= 11 is 0. The Kier molecular flexibility index (Phi) is 8.85. The summed E-state index contributed by atoms with van der Waals surface area (Å²) in [6.07, 6.45) is 1.24. The summed E-state index contributed by atoms with van der Waals surface area (Å²) in [4.78, 5) is 31.7. The van der Waals surface area contributed by atoms with Crippen molar-refractivity contribution in [1.29, 1.82) is 0 Å². The van der Waals surface area contributed by atoms with E-state index in [1.165, 1.54) is 31.9 Å². The molecule has 226 valence electrons. The second-order valence-electron chi connectivity index (χ2n) is 10.4. The van der Waals surface area contributed by atoms with E-state index >= 15 is 4.39 Å². The summed E-state index contributed by atoms with van der Waals surface area (Å²) in [5, 5.41) is 14.3. The quantitative estimate of drug-likeness (QED) is 0.165. The molecular formula is C26H34FN7O7P+. The number of aliphatic hydroxyl groups excluding tert-OH is 1. The first-order valence-electron chi connectivity index (χ1n) is 13.6. The number of para-hydroxylation sites is 1. The number of nitrogens with two attached hydrogens (primary N) is 1. The van der Waals surface area contributed by atoms with Crippen molar-refractivity contribution in [2.45, 2.75) is 75.7 Å². The second kappa shape index (κ2) is 12.4. The van der Waals surface area contributed by atoms with Crippen LogP contribution in [0.2, 0.25) is 0 Å². The molecule has 2 aliphatic rings. The van der Waals surface area contributed by atoms with Crippen molar-refractivity contribution >= 4 is 37.1 Å². The minimum Gasteiger partial charge on any atom is -0.468 e. The van der Waals surface area contributed by atoms with Gasteiger partial charge in [0.15, 0.2) is 40.7 Å². The van der Waals surface area contributed by atoms with Gasteiger partial charge >= 0.3 is 14.1 Å². The van der Waals surface area contributed by atoms with Gasteiger partial charge in [0.2, 0.25) is 5.95 Å². The Hall–Kier alpha value is -3.49. The van der Waals surface area contributed by atoms with E-state index < -0.39 is 50.9 Å². The number of carbonyl (C=O) groups is 1. The average Bonchev–Trinajstić information content (AvgIpc) is 3.68. The number of hydroxylamine groups is 1. The number of benzene rings is 1. The molecule has 1 aliphatic heterocycles. The number of hydrogen-bond donors (Lipinski definition) is 3. The number of fused-ring (bicyclic) bond motifs is 1. The zero-order valence-electron chi connectivity index (χ0n) is 23.4. The molecule has 1 aromatic carbocycles. The molecule has 16 heteroatoms. The van der Waals surface area contributed by atoms with Crippen molar-refractivity contribution in [2.24, 2.45) is 0 Å². The molecule has 3 heterocycles. The zero-order chi connectivity index (χ0) is 30.0. The van der Waals surface area contributed by atoms with Crippen molar-refractivity contribution in [3.05, 3.63) is 36.7 Å². The number of esters is 1. The van der Waals surface area contributed by atoms with E-state index in [0.29, 0.717) is 11.3 Å². The highest BCUT2D eigenvalue weighted by molar-refractivity contribution is 7.36. The third-order valence-corrected chi connectivity index (χ3v) is 8.59. The smallest absolute Gasteiger partial charge is 0.468 e. The maximum Gasteiger partial charge on any atom is 0.693 e. The van der Waals surface area contributed by atoms with Crippen LogP contribution in [0, 0.1) is 0 Å². The van der Waals surface area contributed by atoms with Gasteiger partial charge in [-0.25, -0.2) is 13.9 Å². The number of aromatic nitrogens is 4. The predicted molar refractivity (Wildman–Crippen MR) is 149 cm³/mol. The van der Waals surface area contributed by atoms with Crippen molar-refractivity contribution in [3.8, 4) is 5.75 Å². The number of nitrogens with zero attached hydrogens (tertiary/aromatic N) is 5. The van der Waals surface area contributed by atoms with Gasteiger partial charge < -0.3 is 25.6 Å². The van der Waals surface area contributed by atoms with Crippen molar-refractivity contribution < 1.29 is 37.7 Å². The largest absolute Gasteiger partial charge is 0.693 e. The van der Waals surface area contributed by atoms with Crippen molar-refractivity contribution in [3.63, 3.8) is 0 Å². The molecule has 2 fully saturated rings. The molecule has 0 spiro atoms. The standard InChI is InChI=1S/C26H34FN7O7P/c1-15(23(36)38-3)34(42(37)41-17-11-5-4-6-12-17)39-13-18-20(35)26(2,27)24(40-18)33-14-29-19-21(30-16-9-7-8-10-16)31-25(28)32-22(19)33/h4-6,11-12,14-16,18,20,24,35H,7-10,13H2,1-3H3,(H3,28,30,31,32)/q+1/t15?,18-,20-,24-,26-/m1/s1. The van der Waals surface area contributed by atoms with Crippen LogP contribution in [-0.2, 0) is 23.7 Å². The first kappa shape index (κ1) is 30.0. The molecule has 4 N–H and O–H groups in total. The lowest BCUT2D eigenvalue weighted by molar-refractivity contribution is -0.179. The fourth-order valence-corrected chi connectivity index (χ4v) is 6.06. The van der Waals surface area contributed by atoms with Crippen LogP contribution in [0.5, 0.6) is 5.75 Å². The number of methoxy groups -OCH3 is 1. The molecule has 1 saturated carbocycles. The van der Waals surface area contributed by atoms with Gasteiger partial charge in [-0.3, -0.25) is 14.2 Å². The van der Waals surface area contributed by atoms with Crippen LogP contribution in [0.3, 0.4) is 0 Å². The van der Waals surface area contributed by atoms with E-state index in [4.69, 9.17) is 24.6 Å². The maximum atomic E-state index is 16.1. The molecule has 14 nitrogen and oxygen atoms in total. The average molecular weight is 607 g/mol. The van der Waals surface area contributed by atoms with E-state index in [9.17, 15) is 14.5 Å². The summed E-state index contributed by atoms with van der Waals surface area (Å²) in [6.45, 7) is 2.11. The van der Waals surface area contributed by atoms with Crippen LogP contribution >= 0.6 is 8.18 Å². The topological polar surface area (TPSA) is 176 Å². The fourth-order valence-electron chi connectivity index (χ4n) is 5.14. The monoisotopic (exact) mass is 606 g/mol. The summed E-state index contributed by atoms with van der Waals surface area (Å²) in [5.74, 6) is -0.0664. The van der Waals surface area contributed by atoms with Crippen molar-refractivity contribution in [1.82, 2.24) is 24.4 Å². The van der Waals surface area contributed by atoms with Gasteiger partial charge in [-0.05, 0) is 38.8 Å². The highest BCUT2D eigenvalue weighted by atomic mass is 31.1. The minimum atomic E-state index is -2.76. The molecule has 2 unspecified atom stereocenters. The Bertz CT molecular complexity index is 1420. The van der Waals surface area contributed by atoms with E-state index in [1.54, 1.807) is 30.3 Å². The summed E-state index contributed by atoms with van der Waals surface area (Å²) in [5.41, 5.74) is 4.27. The Morgan fingerprint density at radius 3 is 2.74 bits per heavy atom. The Morgan fingerprint density at radius 2 is 2.05 bits per heavy atom. The third kappa shape index (κ3) is 6.01. The minimum absolute atomic E-state index is 0.0293. The first-order chi connectivity index (χ1) is 20.1.